The van der Waals surface area contributed by atoms with Crippen molar-refractivity contribution in [3.8, 4) is 0 Å². The van der Waals surface area contributed by atoms with Gasteiger partial charge in [-0.1, -0.05) is 59.1 Å². The van der Waals surface area contributed by atoms with Crippen molar-refractivity contribution in [1.82, 2.24) is 4.57 Å². The Morgan fingerprint density at radius 3 is 2.16 bits per heavy atom. The Kier molecular flexibility index (Phi) is 5.53. The molecular formula is C20H16Cl3NO. The maximum Gasteiger partial charge on any atom is 0.185 e. The topological polar surface area (TPSA) is 22.0 Å². The summed E-state index contributed by atoms with van der Waals surface area (Å²) >= 11 is 18.8. The maximum atomic E-state index is 12.4. The Morgan fingerprint density at radius 1 is 0.840 bits per heavy atom. The van der Waals surface area contributed by atoms with Crippen LogP contribution >= 0.6 is 34.8 Å². The van der Waals surface area contributed by atoms with Gasteiger partial charge in [0.15, 0.2) is 5.43 Å². The zero-order valence-corrected chi connectivity index (χ0v) is 15.9. The molecule has 0 atom stereocenters. The average Bonchev–Trinajstić information content (AvgIpc) is 2.58. The van der Waals surface area contributed by atoms with Crippen LogP contribution in [0, 0.1) is 6.92 Å². The van der Waals surface area contributed by atoms with Gasteiger partial charge in [-0.25, -0.2) is 0 Å². The van der Waals surface area contributed by atoms with E-state index in [2.05, 4.69) is 0 Å². The van der Waals surface area contributed by atoms with Crippen LogP contribution in [0.1, 0.15) is 22.4 Å². The van der Waals surface area contributed by atoms with E-state index in [-0.39, 0.29) is 5.43 Å². The fraction of sp³-hybridized carbons (Fsp3) is 0.150. The minimum absolute atomic E-state index is 0.0242. The molecule has 5 heteroatoms. The van der Waals surface area contributed by atoms with Gasteiger partial charge >= 0.3 is 0 Å². The lowest BCUT2D eigenvalue weighted by atomic mass is 10.0. The largest absolute Gasteiger partial charge is 0.347 e. The fourth-order valence-corrected chi connectivity index (χ4v) is 3.52. The number of benzene rings is 2. The van der Waals surface area contributed by atoms with Gasteiger partial charge in [-0.2, -0.15) is 0 Å². The van der Waals surface area contributed by atoms with Crippen molar-refractivity contribution in [3.05, 3.63) is 102 Å². The lowest BCUT2D eigenvalue weighted by Crippen LogP contribution is -2.17. The number of aromatic nitrogens is 1. The SMILES string of the molecule is Cc1c(Cc2c(Cl)cccc2Cl)c(=O)ccn1Cc1ccccc1Cl. The maximum absolute atomic E-state index is 12.4. The monoisotopic (exact) mass is 391 g/mol. The Balaban J connectivity index is 2.01. The van der Waals surface area contributed by atoms with E-state index in [1.807, 2.05) is 35.8 Å². The van der Waals surface area contributed by atoms with Gasteiger partial charge in [0, 0.05) is 51.6 Å². The van der Waals surface area contributed by atoms with E-state index in [0.29, 0.717) is 33.6 Å². The van der Waals surface area contributed by atoms with Gasteiger partial charge in [-0.05, 0) is 36.2 Å². The second-order valence-corrected chi connectivity index (χ2v) is 7.06. The summed E-state index contributed by atoms with van der Waals surface area (Å²) in [6, 6.07) is 14.6. The van der Waals surface area contributed by atoms with Crippen LogP contribution < -0.4 is 5.43 Å². The molecule has 0 saturated carbocycles. The van der Waals surface area contributed by atoms with Crippen molar-refractivity contribution in [2.45, 2.75) is 19.9 Å². The molecular weight excluding hydrogens is 377 g/mol. The van der Waals surface area contributed by atoms with E-state index in [1.54, 1.807) is 30.5 Å². The first-order chi connectivity index (χ1) is 12.0. The molecule has 0 N–H and O–H groups in total. The summed E-state index contributed by atoms with van der Waals surface area (Å²) in [5.41, 5.74) is 3.30. The summed E-state index contributed by atoms with van der Waals surface area (Å²) in [6.07, 6.45) is 2.19. The van der Waals surface area contributed by atoms with Crippen LogP contribution in [-0.2, 0) is 13.0 Å². The average molecular weight is 393 g/mol. The number of halogens is 3. The lowest BCUT2D eigenvalue weighted by Gasteiger charge is -2.16. The van der Waals surface area contributed by atoms with Crippen molar-refractivity contribution in [2.75, 3.05) is 0 Å². The molecule has 3 aromatic rings. The van der Waals surface area contributed by atoms with E-state index in [4.69, 9.17) is 34.8 Å². The summed E-state index contributed by atoms with van der Waals surface area (Å²) in [4.78, 5) is 12.4. The first-order valence-electron chi connectivity index (χ1n) is 7.82. The number of hydrogen-bond donors (Lipinski definition) is 0. The van der Waals surface area contributed by atoms with Gasteiger partial charge in [0.1, 0.15) is 0 Å². The minimum atomic E-state index is -0.0242. The van der Waals surface area contributed by atoms with E-state index in [0.717, 1.165) is 16.8 Å². The standard InChI is InChI=1S/C20H16Cl3NO/c1-13-15(11-16-18(22)7-4-8-19(16)23)20(25)9-10-24(13)12-14-5-2-3-6-17(14)21/h2-10H,11-12H2,1H3. The zero-order valence-electron chi connectivity index (χ0n) is 13.6. The molecule has 0 saturated heterocycles. The van der Waals surface area contributed by atoms with Gasteiger partial charge < -0.3 is 4.57 Å². The summed E-state index contributed by atoms with van der Waals surface area (Å²) in [7, 11) is 0. The number of nitrogens with zero attached hydrogens (tertiary/aromatic N) is 1. The van der Waals surface area contributed by atoms with Crippen LogP contribution in [0.15, 0.2) is 59.5 Å². The summed E-state index contributed by atoms with van der Waals surface area (Å²) in [6.45, 7) is 2.52. The van der Waals surface area contributed by atoms with Crippen molar-refractivity contribution in [1.29, 1.82) is 0 Å². The molecule has 128 valence electrons. The third kappa shape index (κ3) is 3.92. The highest BCUT2D eigenvalue weighted by atomic mass is 35.5. The van der Waals surface area contributed by atoms with Crippen LogP contribution in [0.5, 0.6) is 0 Å². The normalized spacial score (nSPS) is 10.9. The minimum Gasteiger partial charge on any atom is -0.347 e. The summed E-state index contributed by atoms with van der Waals surface area (Å²) < 4.78 is 2.02. The van der Waals surface area contributed by atoms with Gasteiger partial charge in [0.2, 0.25) is 0 Å². The summed E-state index contributed by atoms with van der Waals surface area (Å²) in [5, 5.41) is 1.83. The Labute approximate surface area is 161 Å². The molecule has 0 radical (unpaired) electrons. The highest BCUT2D eigenvalue weighted by Crippen LogP contribution is 2.27. The molecule has 0 unspecified atom stereocenters. The van der Waals surface area contributed by atoms with Gasteiger partial charge in [0.25, 0.3) is 0 Å². The molecule has 3 rings (SSSR count). The van der Waals surface area contributed by atoms with Crippen molar-refractivity contribution >= 4 is 34.8 Å². The second kappa shape index (κ2) is 7.65. The molecule has 0 bridgehead atoms. The smallest absolute Gasteiger partial charge is 0.185 e. The van der Waals surface area contributed by atoms with E-state index >= 15 is 0 Å². The quantitative estimate of drug-likeness (QED) is 0.553. The first kappa shape index (κ1) is 18.1. The Morgan fingerprint density at radius 2 is 1.48 bits per heavy atom. The van der Waals surface area contributed by atoms with E-state index < -0.39 is 0 Å². The highest BCUT2D eigenvalue weighted by Gasteiger charge is 2.13. The van der Waals surface area contributed by atoms with E-state index in [9.17, 15) is 4.79 Å². The molecule has 1 aromatic heterocycles. The first-order valence-corrected chi connectivity index (χ1v) is 8.96. The predicted octanol–water partition coefficient (Wildman–Crippen LogP) is 5.76. The third-order valence-corrected chi connectivity index (χ3v) is 5.36. The van der Waals surface area contributed by atoms with Gasteiger partial charge in [0.05, 0.1) is 0 Å². The molecule has 0 fully saturated rings. The molecule has 0 aliphatic heterocycles. The van der Waals surface area contributed by atoms with E-state index in [1.165, 1.54) is 0 Å². The molecule has 1 heterocycles. The molecule has 0 amide bonds. The molecule has 25 heavy (non-hydrogen) atoms. The second-order valence-electron chi connectivity index (χ2n) is 5.84. The van der Waals surface area contributed by atoms with Crippen LogP contribution in [0.4, 0.5) is 0 Å². The number of rotatable bonds is 4. The molecule has 2 aromatic carbocycles. The van der Waals surface area contributed by atoms with Crippen LogP contribution in [0.3, 0.4) is 0 Å². The Hall–Kier alpha value is -1.74. The number of pyridine rings is 1. The highest BCUT2D eigenvalue weighted by molar-refractivity contribution is 6.36. The molecule has 0 aliphatic carbocycles. The number of hydrogen-bond acceptors (Lipinski definition) is 1. The van der Waals surface area contributed by atoms with Crippen LogP contribution in [0.25, 0.3) is 0 Å². The molecule has 0 aliphatic rings. The van der Waals surface area contributed by atoms with Crippen LogP contribution in [-0.4, -0.2) is 4.57 Å². The lowest BCUT2D eigenvalue weighted by molar-refractivity contribution is 0.745. The molecule has 0 spiro atoms. The fourth-order valence-electron chi connectivity index (χ4n) is 2.80. The Bertz CT molecular complexity index is 959. The van der Waals surface area contributed by atoms with Gasteiger partial charge in [-0.15, -0.1) is 0 Å². The van der Waals surface area contributed by atoms with Crippen molar-refractivity contribution in [2.24, 2.45) is 0 Å². The zero-order chi connectivity index (χ0) is 18.0. The third-order valence-electron chi connectivity index (χ3n) is 4.28. The van der Waals surface area contributed by atoms with Crippen LogP contribution in [0.2, 0.25) is 15.1 Å². The molecule has 2 nitrogen and oxygen atoms in total. The summed E-state index contributed by atoms with van der Waals surface area (Å²) in [5.74, 6) is 0. The predicted molar refractivity (Wildman–Crippen MR) is 105 cm³/mol. The van der Waals surface area contributed by atoms with Crippen molar-refractivity contribution in [3.63, 3.8) is 0 Å². The van der Waals surface area contributed by atoms with Crippen molar-refractivity contribution < 1.29 is 0 Å². The van der Waals surface area contributed by atoms with Gasteiger partial charge in [-0.3, -0.25) is 4.79 Å².